The largest absolute Gasteiger partial charge is 0.396 e. The van der Waals surface area contributed by atoms with E-state index in [0.29, 0.717) is 12.6 Å². The van der Waals surface area contributed by atoms with Gasteiger partial charge in [0.2, 0.25) is 0 Å². The normalized spacial score (nSPS) is 21.7. The van der Waals surface area contributed by atoms with Crippen LogP contribution in [0.3, 0.4) is 0 Å². The fourth-order valence-electron chi connectivity index (χ4n) is 1.75. The predicted molar refractivity (Wildman–Crippen MR) is 59.3 cm³/mol. The van der Waals surface area contributed by atoms with Crippen molar-refractivity contribution in [2.75, 3.05) is 18.1 Å². The van der Waals surface area contributed by atoms with Gasteiger partial charge in [0.1, 0.15) is 0 Å². The molecule has 0 aromatic heterocycles. The molecule has 1 aliphatic heterocycles. The van der Waals surface area contributed by atoms with Crippen LogP contribution in [0.4, 0.5) is 0 Å². The molecule has 0 aromatic carbocycles. The van der Waals surface area contributed by atoms with Gasteiger partial charge in [-0.2, -0.15) is 11.8 Å². The lowest BCUT2D eigenvalue weighted by Crippen LogP contribution is -2.38. The van der Waals surface area contributed by atoms with E-state index < -0.39 is 0 Å². The van der Waals surface area contributed by atoms with Gasteiger partial charge >= 0.3 is 0 Å². The molecule has 2 nitrogen and oxygen atoms in total. The maximum absolute atomic E-state index is 8.69. The van der Waals surface area contributed by atoms with Crippen molar-refractivity contribution in [2.45, 2.75) is 44.7 Å². The molecule has 13 heavy (non-hydrogen) atoms. The van der Waals surface area contributed by atoms with E-state index in [1.165, 1.54) is 24.3 Å². The Kier molecular flexibility index (Phi) is 5.83. The summed E-state index contributed by atoms with van der Waals surface area (Å²) in [6, 6.07) is 1.30. The van der Waals surface area contributed by atoms with E-state index in [1.807, 2.05) is 0 Å². The summed E-state index contributed by atoms with van der Waals surface area (Å²) in [6.07, 6.45) is 4.65. The van der Waals surface area contributed by atoms with Crippen molar-refractivity contribution in [1.82, 2.24) is 5.32 Å². The third-order valence-corrected chi connectivity index (χ3v) is 3.59. The quantitative estimate of drug-likeness (QED) is 0.712. The van der Waals surface area contributed by atoms with E-state index >= 15 is 0 Å². The molecule has 0 saturated carbocycles. The van der Waals surface area contributed by atoms with Crippen LogP contribution in [0.1, 0.15) is 32.6 Å². The first-order valence-electron chi connectivity index (χ1n) is 5.27. The Morgan fingerprint density at radius 1 is 1.46 bits per heavy atom. The monoisotopic (exact) mass is 203 g/mol. The molecule has 0 radical (unpaired) electrons. The van der Waals surface area contributed by atoms with Crippen LogP contribution in [0, 0.1) is 0 Å². The van der Waals surface area contributed by atoms with Crippen LogP contribution in [0.25, 0.3) is 0 Å². The fraction of sp³-hybridized carbons (Fsp3) is 1.00. The summed E-state index contributed by atoms with van der Waals surface area (Å²) in [7, 11) is 0. The van der Waals surface area contributed by atoms with Crippen molar-refractivity contribution in [3.63, 3.8) is 0 Å². The van der Waals surface area contributed by atoms with Crippen molar-refractivity contribution in [2.24, 2.45) is 0 Å². The summed E-state index contributed by atoms with van der Waals surface area (Å²) in [5.74, 6) is 2.62. The topological polar surface area (TPSA) is 32.3 Å². The van der Waals surface area contributed by atoms with Gasteiger partial charge in [0, 0.05) is 18.7 Å². The van der Waals surface area contributed by atoms with Crippen molar-refractivity contribution in [1.29, 1.82) is 0 Å². The van der Waals surface area contributed by atoms with E-state index in [-0.39, 0.29) is 0 Å². The van der Waals surface area contributed by atoms with Gasteiger partial charge in [0.05, 0.1) is 0 Å². The van der Waals surface area contributed by atoms with E-state index in [2.05, 4.69) is 24.0 Å². The third kappa shape index (κ3) is 4.89. The highest BCUT2D eigenvalue weighted by molar-refractivity contribution is 7.99. The van der Waals surface area contributed by atoms with Gasteiger partial charge in [-0.3, -0.25) is 0 Å². The average molecular weight is 203 g/mol. The first kappa shape index (κ1) is 11.3. The van der Waals surface area contributed by atoms with E-state index in [1.54, 1.807) is 0 Å². The zero-order chi connectivity index (χ0) is 9.52. The molecule has 0 aliphatic carbocycles. The zero-order valence-corrected chi connectivity index (χ0v) is 9.28. The van der Waals surface area contributed by atoms with Gasteiger partial charge in [-0.15, -0.1) is 0 Å². The Morgan fingerprint density at radius 2 is 2.15 bits per heavy atom. The van der Waals surface area contributed by atoms with Gasteiger partial charge in [-0.25, -0.2) is 0 Å². The van der Waals surface area contributed by atoms with Crippen molar-refractivity contribution >= 4 is 11.8 Å². The summed E-state index contributed by atoms with van der Waals surface area (Å²) >= 11 is 2.06. The smallest absolute Gasteiger partial charge is 0.0431 e. The summed E-state index contributed by atoms with van der Waals surface area (Å²) in [5, 5.41) is 12.3. The molecule has 0 aromatic rings. The maximum Gasteiger partial charge on any atom is 0.0431 e. The molecule has 0 bridgehead atoms. The van der Waals surface area contributed by atoms with Crippen molar-refractivity contribution in [3.8, 4) is 0 Å². The van der Waals surface area contributed by atoms with Gasteiger partial charge in [0.25, 0.3) is 0 Å². The van der Waals surface area contributed by atoms with Crippen LogP contribution in [0.5, 0.6) is 0 Å². The highest BCUT2D eigenvalue weighted by Crippen LogP contribution is 2.17. The number of hydrogen-bond donors (Lipinski definition) is 2. The number of hydrogen-bond acceptors (Lipinski definition) is 3. The summed E-state index contributed by atoms with van der Waals surface area (Å²) in [4.78, 5) is 0. The molecule has 0 spiro atoms. The van der Waals surface area contributed by atoms with E-state index in [9.17, 15) is 0 Å². The van der Waals surface area contributed by atoms with Crippen molar-refractivity contribution < 1.29 is 5.11 Å². The highest BCUT2D eigenvalue weighted by atomic mass is 32.2. The lowest BCUT2D eigenvalue weighted by Gasteiger charge is -2.26. The minimum absolute atomic E-state index is 0.326. The van der Waals surface area contributed by atoms with Crippen LogP contribution in [-0.4, -0.2) is 35.3 Å². The molecule has 1 rings (SSSR count). The maximum atomic E-state index is 8.69. The molecule has 0 amide bonds. The fourth-order valence-corrected chi connectivity index (χ4v) is 2.85. The van der Waals surface area contributed by atoms with E-state index in [4.69, 9.17) is 5.11 Å². The Labute approximate surface area is 85.5 Å². The number of rotatable bonds is 5. The van der Waals surface area contributed by atoms with Crippen LogP contribution < -0.4 is 5.32 Å². The lowest BCUT2D eigenvalue weighted by molar-refractivity contribution is 0.272. The summed E-state index contributed by atoms with van der Waals surface area (Å²) in [5.41, 5.74) is 0. The third-order valence-electron chi connectivity index (χ3n) is 2.54. The lowest BCUT2D eigenvalue weighted by atomic mass is 10.1. The average Bonchev–Trinajstić information content (AvgIpc) is 2.16. The molecule has 1 heterocycles. The molecule has 78 valence electrons. The van der Waals surface area contributed by atoms with Gasteiger partial charge in [-0.05, 0) is 44.1 Å². The van der Waals surface area contributed by atoms with Gasteiger partial charge in [0.15, 0.2) is 0 Å². The molecular formula is C10H21NOS. The summed E-state index contributed by atoms with van der Waals surface area (Å²) in [6.45, 7) is 2.55. The number of aliphatic hydroxyl groups is 1. The Balaban J connectivity index is 2.07. The highest BCUT2D eigenvalue weighted by Gasteiger charge is 2.14. The zero-order valence-electron chi connectivity index (χ0n) is 8.46. The van der Waals surface area contributed by atoms with Crippen LogP contribution in [-0.2, 0) is 0 Å². The molecule has 1 saturated heterocycles. The minimum atomic E-state index is 0.326. The Bertz CT molecular complexity index is 126. The SMILES string of the molecule is C[C@@H](CCCO)NC1CCSCC1. The molecule has 3 heteroatoms. The first-order valence-corrected chi connectivity index (χ1v) is 6.43. The van der Waals surface area contributed by atoms with Gasteiger partial charge < -0.3 is 10.4 Å². The van der Waals surface area contributed by atoms with Crippen LogP contribution >= 0.6 is 11.8 Å². The van der Waals surface area contributed by atoms with Crippen LogP contribution in [0.15, 0.2) is 0 Å². The standard InChI is InChI=1S/C10H21NOS/c1-9(3-2-6-12)11-10-4-7-13-8-5-10/h9-12H,2-8H2,1H3/t9-/m0/s1. The molecule has 1 fully saturated rings. The Morgan fingerprint density at radius 3 is 2.77 bits per heavy atom. The molecule has 1 atom stereocenters. The molecule has 1 aliphatic rings. The second-order valence-electron chi connectivity index (χ2n) is 3.82. The first-order chi connectivity index (χ1) is 6.33. The minimum Gasteiger partial charge on any atom is -0.396 e. The molecule has 2 N–H and O–H groups in total. The second-order valence-corrected chi connectivity index (χ2v) is 5.04. The van der Waals surface area contributed by atoms with Gasteiger partial charge in [-0.1, -0.05) is 0 Å². The summed E-state index contributed by atoms with van der Waals surface area (Å²) < 4.78 is 0. The Hall–Kier alpha value is 0.270. The second kappa shape index (κ2) is 6.68. The number of thioether (sulfide) groups is 1. The van der Waals surface area contributed by atoms with Crippen molar-refractivity contribution in [3.05, 3.63) is 0 Å². The van der Waals surface area contributed by atoms with E-state index in [0.717, 1.165) is 18.9 Å². The molecular weight excluding hydrogens is 182 g/mol. The number of aliphatic hydroxyl groups excluding tert-OH is 1. The molecule has 0 unspecified atom stereocenters. The number of nitrogens with one attached hydrogen (secondary N) is 1. The van der Waals surface area contributed by atoms with Crippen LogP contribution in [0.2, 0.25) is 0 Å². The predicted octanol–water partition coefficient (Wildman–Crippen LogP) is 1.63.